The third-order valence-corrected chi connectivity index (χ3v) is 1.08. The molecule has 0 radical (unpaired) electrons. The lowest BCUT2D eigenvalue weighted by atomic mass is 10.7. The second kappa shape index (κ2) is 2.11. The number of aromatic nitrogens is 8. The quantitative estimate of drug-likeness (QED) is 0.292. The summed E-state index contributed by atoms with van der Waals surface area (Å²) < 4.78 is 0. The molecule has 0 aliphatic rings. The van der Waals surface area contributed by atoms with E-state index >= 15 is 0 Å². The Labute approximate surface area is 63.6 Å². The van der Waals surface area contributed by atoms with Gasteiger partial charge in [-0.05, 0) is 4.85 Å². The first kappa shape index (κ1) is 6.45. The molecule has 0 bridgehead atoms. The molecule has 0 aliphatic carbocycles. The Hall–Kier alpha value is -2.26. The zero-order valence-corrected chi connectivity index (χ0v) is 5.39. The van der Waals surface area contributed by atoms with Crippen molar-refractivity contribution in [3.05, 3.63) is 10.4 Å². The third-order valence-electron chi connectivity index (χ3n) is 1.08. The lowest BCUT2D eigenvalue weighted by Gasteiger charge is -1.96. The van der Waals surface area contributed by atoms with Crippen LogP contribution in [0.5, 0.6) is 0 Å². The molecule has 0 aromatic carbocycles. The van der Waals surface area contributed by atoms with Crippen LogP contribution in [0.2, 0.25) is 0 Å². The minimum absolute atomic E-state index is 0.0307. The van der Waals surface area contributed by atoms with Gasteiger partial charge in [0.25, 0.3) is 5.21 Å². The highest BCUT2D eigenvalue weighted by atomic mass is 16.5. The van der Waals surface area contributed by atoms with Gasteiger partial charge in [0.1, 0.15) is 0 Å². The molecule has 0 unspecified atom stereocenters. The maximum absolute atomic E-state index is 10.8. The van der Waals surface area contributed by atoms with E-state index in [0.29, 0.717) is 0 Å². The van der Waals surface area contributed by atoms with Crippen LogP contribution in [0, 0.1) is 10.4 Å². The predicted octanol–water partition coefficient (Wildman–Crippen LogP) is -3.52. The lowest BCUT2D eigenvalue weighted by molar-refractivity contribution is -0.758. The van der Waals surface area contributed by atoms with Gasteiger partial charge in [0.15, 0.2) is 0 Å². The summed E-state index contributed by atoms with van der Waals surface area (Å²) in [6, 6.07) is 0. The zero-order valence-electron chi connectivity index (χ0n) is 5.39. The summed E-state index contributed by atoms with van der Waals surface area (Å²) in [7, 11) is 0. The molecule has 10 nitrogen and oxygen atoms in total. The molecule has 2 aromatic rings. The van der Waals surface area contributed by atoms with Crippen molar-refractivity contribution in [1.29, 1.82) is 0 Å². The molecular formula is C2N8O2. The molecule has 0 saturated carbocycles. The van der Waals surface area contributed by atoms with E-state index < -0.39 is 5.65 Å². The van der Waals surface area contributed by atoms with Crippen LogP contribution in [0.15, 0.2) is 0 Å². The lowest BCUT2D eigenvalue weighted by Crippen LogP contribution is -2.47. The highest BCUT2D eigenvalue weighted by Gasteiger charge is 2.17. The fraction of sp³-hybridized carbons (Fsp3) is 0. The van der Waals surface area contributed by atoms with E-state index in [1.54, 1.807) is 0 Å². The van der Waals surface area contributed by atoms with Crippen LogP contribution in [0.3, 0.4) is 0 Å². The van der Waals surface area contributed by atoms with Crippen LogP contribution in [0.1, 0.15) is 0 Å². The molecule has 60 valence electrons. The van der Waals surface area contributed by atoms with Gasteiger partial charge in [-0.15, -0.1) is 0 Å². The summed E-state index contributed by atoms with van der Waals surface area (Å²) in [5.41, 5.74) is -0.648. The molecule has 2 heterocycles. The molecule has 2 aromatic heterocycles. The van der Waals surface area contributed by atoms with Gasteiger partial charge in [0.05, 0.1) is 10.3 Å². The van der Waals surface area contributed by atoms with Crippen LogP contribution in [-0.2, 0) is 0 Å². The Balaban J connectivity index is 2.96. The summed E-state index contributed by atoms with van der Waals surface area (Å²) in [5.74, 6) is 0. The van der Waals surface area contributed by atoms with Gasteiger partial charge in [-0.1, -0.05) is 9.94 Å². The Bertz CT molecular complexity index is 392. The van der Waals surface area contributed by atoms with Crippen LogP contribution in [-0.4, -0.2) is 31.1 Å². The topological polar surface area (TPSA) is 131 Å². The molecule has 12 heavy (non-hydrogen) atoms. The zero-order chi connectivity index (χ0) is 8.55. The number of rotatable bonds is 0. The largest absolute Gasteiger partial charge is 0.656 e. The second-order valence-corrected chi connectivity index (χ2v) is 1.75. The van der Waals surface area contributed by atoms with Gasteiger partial charge < -0.3 is 10.4 Å². The summed E-state index contributed by atoms with van der Waals surface area (Å²) in [6.07, 6.45) is 0. The summed E-state index contributed by atoms with van der Waals surface area (Å²) in [6.45, 7) is 0. The molecular weight excluding hydrogens is 168 g/mol. The molecule has 10 heteroatoms. The number of fused-ring (bicyclic) bond motifs is 1. The van der Waals surface area contributed by atoms with E-state index in [9.17, 15) is 10.4 Å². The SMILES string of the molecule is [O-][n+]1nnnc2nnn[n+]([O-])c21. The molecule has 2 rings (SSSR count). The minimum atomic E-state index is -0.444. The molecule has 0 fully saturated rings. The van der Waals surface area contributed by atoms with E-state index in [4.69, 9.17) is 0 Å². The summed E-state index contributed by atoms with van der Waals surface area (Å²) in [4.78, 5) is -0.0615. The highest BCUT2D eigenvalue weighted by molar-refractivity contribution is 5.53. The monoisotopic (exact) mass is 168 g/mol. The van der Waals surface area contributed by atoms with E-state index in [-0.39, 0.29) is 15.3 Å². The Morgan fingerprint density at radius 2 is 1.42 bits per heavy atom. The van der Waals surface area contributed by atoms with Crippen LogP contribution in [0.4, 0.5) is 0 Å². The van der Waals surface area contributed by atoms with Crippen molar-refractivity contribution in [2.24, 2.45) is 0 Å². The second-order valence-electron chi connectivity index (χ2n) is 1.75. The first-order chi connectivity index (χ1) is 5.79. The van der Waals surface area contributed by atoms with E-state index in [0.717, 1.165) is 0 Å². The smallest absolute Gasteiger partial charge is 0.451 e. The van der Waals surface area contributed by atoms with E-state index in [1.165, 1.54) is 0 Å². The number of nitrogens with zero attached hydrogens (tertiary/aromatic N) is 8. The third kappa shape index (κ3) is 0.744. The first-order valence-electron chi connectivity index (χ1n) is 2.71. The van der Waals surface area contributed by atoms with E-state index in [2.05, 4.69) is 31.1 Å². The molecule has 0 spiro atoms. The summed E-state index contributed by atoms with van der Waals surface area (Å²) >= 11 is 0. The van der Waals surface area contributed by atoms with Crippen LogP contribution in [0.25, 0.3) is 11.3 Å². The van der Waals surface area contributed by atoms with E-state index in [1.807, 2.05) is 0 Å². The molecule has 0 N–H and O–H groups in total. The Kier molecular flexibility index (Phi) is 1.14. The van der Waals surface area contributed by atoms with Crippen LogP contribution >= 0.6 is 0 Å². The van der Waals surface area contributed by atoms with Crippen LogP contribution < -0.4 is 9.69 Å². The van der Waals surface area contributed by atoms with Gasteiger partial charge >= 0.3 is 11.3 Å². The molecule has 0 amide bonds. The summed E-state index contributed by atoms with van der Waals surface area (Å²) in [5, 5.41) is 40.0. The van der Waals surface area contributed by atoms with Gasteiger partial charge in [0.2, 0.25) is 5.21 Å². The standard InChI is InChI=1S/C2N8O2/c11-9-2-1(3-5-7-9)4-6-8-10(2)12. The van der Waals surface area contributed by atoms with Crippen molar-refractivity contribution >= 4 is 11.3 Å². The van der Waals surface area contributed by atoms with Crippen molar-refractivity contribution in [3.63, 3.8) is 0 Å². The average molecular weight is 168 g/mol. The maximum Gasteiger partial charge on any atom is 0.451 e. The van der Waals surface area contributed by atoms with Crippen molar-refractivity contribution < 1.29 is 9.69 Å². The molecule has 0 atom stereocenters. The molecule has 0 saturated heterocycles. The predicted molar refractivity (Wildman–Crippen MR) is 28.6 cm³/mol. The van der Waals surface area contributed by atoms with Crippen molar-refractivity contribution in [1.82, 2.24) is 31.1 Å². The number of hydrogen-bond donors (Lipinski definition) is 0. The maximum atomic E-state index is 10.8. The average Bonchev–Trinajstić information content (AvgIpc) is 2.04. The highest BCUT2D eigenvalue weighted by Crippen LogP contribution is 1.86. The number of hydrogen-bond acceptors (Lipinski definition) is 8. The fourth-order valence-electron chi connectivity index (χ4n) is 0.636. The minimum Gasteiger partial charge on any atom is -0.656 e. The van der Waals surface area contributed by atoms with Gasteiger partial charge in [-0.25, -0.2) is 0 Å². The van der Waals surface area contributed by atoms with Gasteiger partial charge in [0, 0.05) is 5.21 Å². The Morgan fingerprint density at radius 3 is 1.83 bits per heavy atom. The Morgan fingerprint density at radius 1 is 0.917 bits per heavy atom. The van der Waals surface area contributed by atoms with Gasteiger partial charge in [-0.3, -0.25) is 0 Å². The van der Waals surface area contributed by atoms with Crippen molar-refractivity contribution in [2.45, 2.75) is 0 Å². The normalized spacial score (nSPS) is 10.3. The first-order valence-corrected chi connectivity index (χ1v) is 2.71. The fourth-order valence-corrected chi connectivity index (χ4v) is 0.636. The molecule has 0 aliphatic heterocycles. The van der Waals surface area contributed by atoms with Crippen molar-refractivity contribution in [3.8, 4) is 0 Å². The van der Waals surface area contributed by atoms with Gasteiger partial charge in [-0.2, -0.15) is 0 Å². The van der Waals surface area contributed by atoms with Crippen molar-refractivity contribution in [2.75, 3.05) is 0 Å².